The normalized spacial score (nSPS) is 15.1. The number of hydrogen-bond acceptors (Lipinski definition) is 15. The molecule has 0 aliphatic heterocycles. The number of carbonyl (C=O) groups excluding carboxylic acids is 6. The Bertz CT molecular complexity index is 1140. The van der Waals surface area contributed by atoms with Gasteiger partial charge in [-0.05, 0) is 71.0 Å². The molecule has 0 saturated carbocycles. The Kier molecular flexibility index (Phi) is 26.5. The molecule has 0 heterocycles. The van der Waals surface area contributed by atoms with E-state index >= 15 is 0 Å². The third kappa shape index (κ3) is 19.0. The first-order valence-corrected chi connectivity index (χ1v) is 18.4. The summed E-state index contributed by atoms with van der Waals surface area (Å²) in [6, 6.07) is -9.25. The van der Waals surface area contributed by atoms with E-state index in [2.05, 4.69) is 57.2 Å². The molecule has 300 valence electrons. The molecule has 0 spiro atoms. The standard InChI is InChI=1S/C30H58N10O10S2/c31-10-4-1-7-17(34)24(43)37-20(13-41)27(46)39-23(16-52)29(48)40-22(15-51)28(47)38-21(14-42)26(45)35-18(8-2-5-11-32)25(44)36-19(30(49)50)9-3-6-12-33/h17-23,41-42,51-52H,1-16,31-34H2,(H,35,45)(H,36,44)(H,37,43)(H,38,47)(H,39,46)(H,40,48)(H,49,50)/t17-,18-,19-,20-,21-,22-,23-/m0/s1. The summed E-state index contributed by atoms with van der Waals surface area (Å²) in [5.74, 6) is -7.09. The molecule has 17 N–H and O–H groups in total. The van der Waals surface area contributed by atoms with Crippen LogP contribution >= 0.6 is 25.3 Å². The minimum Gasteiger partial charge on any atom is -0.480 e. The molecule has 6 amide bonds. The first kappa shape index (κ1) is 48.8. The van der Waals surface area contributed by atoms with Gasteiger partial charge in [0.2, 0.25) is 35.4 Å². The van der Waals surface area contributed by atoms with Gasteiger partial charge in [0.05, 0.1) is 19.3 Å². The number of aliphatic carboxylic acids is 1. The third-order valence-corrected chi connectivity index (χ3v) is 8.44. The number of carboxylic acids is 1. The summed E-state index contributed by atoms with van der Waals surface area (Å²) in [6.45, 7) is -0.674. The molecule has 20 nitrogen and oxygen atoms in total. The zero-order valence-electron chi connectivity index (χ0n) is 29.3. The van der Waals surface area contributed by atoms with Crippen molar-refractivity contribution in [1.29, 1.82) is 0 Å². The largest absolute Gasteiger partial charge is 0.480 e. The van der Waals surface area contributed by atoms with Crippen LogP contribution in [0.5, 0.6) is 0 Å². The molecule has 0 aromatic carbocycles. The topological polar surface area (TPSA) is 356 Å². The smallest absolute Gasteiger partial charge is 0.326 e. The number of thiol groups is 2. The maximum atomic E-state index is 13.1. The monoisotopic (exact) mass is 782 g/mol. The lowest BCUT2D eigenvalue weighted by atomic mass is 10.1. The van der Waals surface area contributed by atoms with E-state index in [1.807, 2.05) is 0 Å². The molecule has 0 aromatic rings. The van der Waals surface area contributed by atoms with E-state index in [4.69, 9.17) is 22.9 Å². The summed E-state index contributed by atoms with van der Waals surface area (Å²) in [7, 11) is 0. The van der Waals surface area contributed by atoms with Crippen LogP contribution in [0.2, 0.25) is 0 Å². The molecule has 0 unspecified atom stereocenters. The molecule has 0 saturated heterocycles. The fourth-order valence-corrected chi connectivity index (χ4v) is 5.08. The van der Waals surface area contributed by atoms with Gasteiger partial charge in [0.1, 0.15) is 36.3 Å². The number of carbonyl (C=O) groups is 7. The Morgan fingerprint density at radius 3 is 1.15 bits per heavy atom. The molecule has 22 heteroatoms. The van der Waals surface area contributed by atoms with Crippen LogP contribution in [0.25, 0.3) is 0 Å². The van der Waals surface area contributed by atoms with Crippen LogP contribution in [0.3, 0.4) is 0 Å². The Morgan fingerprint density at radius 2 is 0.769 bits per heavy atom. The Morgan fingerprint density at radius 1 is 0.462 bits per heavy atom. The van der Waals surface area contributed by atoms with E-state index < -0.39 is 96.9 Å². The zero-order chi connectivity index (χ0) is 39.6. The van der Waals surface area contributed by atoms with E-state index in [0.29, 0.717) is 64.6 Å². The second-order valence-electron chi connectivity index (χ2n) is 11.9. The Labute approximate surface area is 314 Å². The third-order valence-electron chi connectivity index (χ3n) is 7.71. The summed E-state index contributed by atoms with van der Waals surface area (Å²) in [4.78, 5) is 89.2. The highest BCUT2D eigenvalue weighted by Crippen LogP contribution is 2.06. The quantitative estimate of drug-likeness (QED) is 0.0249. The summed E-state index contributed by atoms with van der Waals surface area (Å²) < 4.78 is 0. The second kappa shape index (κ2) is 28.3. The lowest BCUT2D eigenvalue weighted by molar-refractivity contribution is -0.142. The first-order chi connectivity index (χ1) is 24.7. The van der Waals surface area contributed by atoms with Gasteiger partial charge in [0.15, 0.2) is 0 Å². The second-order valence-corrected chi connectivity index (χ2v) is 12.6. The number of amides is 6. The SMILES string of the molecule is NCCCC[C@H](NC(=O)[C@H](CCCCN)NC(=O)[C@H](CO)NC(=O)[C@H](CS)NC(=O)[C@H](CS)NC(=O)[C@H](CO)NC(=O)[C@@H](N)CCCCN)C(=O)O. The number of nitrogens with one attached hydrogen (secondary N) is 6. The van der Waals surface area contributed by atoms with Gasteiger partial charge in [0.25, 0.3) is 0 Å². The maximum absolute atomic E-state index is 13.1. The number of aliphatic hydroxyl groups excluding tert-OH is 2. The molecule has 0 aliphatic carbocycles. The van der Waals surface area contributed by atoms with Crippen molar-refractivity contribution in [3.63, 3.8) is 0 Å². The molecule has 0 rings (SSSR count). The van der Waals surface area contributed by atoms with Crippen LogP contribution in [0.4, 0.5) is 0 Å². The average Bonchev–Trinajstić information content (AvgIpc) is 3.12. The van der Waals surface area contributed by atoms with Crippen LogP contribution in [-0.2, 0) is 33.6 Å². The predicted molar refractivity (Wildman–Crippen MR) is 198 cm³/mol. The summed E-state index contributed by atoms with van der Waals surface area (Å²) in [5, 5.41) is 43.3. The van der Waals surface area contributed by atoms with E-state index in [-0.39, 0.29) is 24.3 Å². The van der Waals surface area contributed by atoms with Crippen LogP contribution in [0.1, 0.15) is 57.8 Å². The van der Waals surface area contributed by atoms with Crippen molar-refractivity contribution in [1.82, 2.24) is 31.9 Å². The van der Waals surface area contributed by atoms with E-state index in [9.17, 15) is 48.9 Å². The summed E-state index contributed by atoms with van der Waals surface area (Å²) in [5.41, 5.74) is 22.3. The molecule has 7 atom stereocenters. The van der Waals surface area contributed by atoms with Gasteiger partial charge < -0.3 is 70.2 Å². The number of unbranched alkanes of at least 4 members (excludes halogenated alkanes) is 3. The van der Waals surface area contributed by atoms with E-state index in [1.54, 1.807) is 0 Å². The zero-order valence-corrected chi connectivity index (χ0v) is 31.0. The molecule has 52 heavy (non-hydrogen) atoms. The first-order valence-electron chi connectivity index (χ1n) is 17.1. The van der Waals surface area contributed by atoms with Crippen molar-refractivity contribution in [2.45, 2.75) is 100 Å². The number of hydrogen-bond donors (Lipinski definition) is 15. The van der Waals surface area contributed by atoms with Gasteiger partial charge in [-0.3, -0.25) is 28.8 Å². The van der Waals surface area contributed by atoms with Crippen LogP contribution in [0, 0.1) is 0 Å². The van der Waals surface area contributed by atoms with Crippen molar-refractivity contribution in [2.75, 3.05) is 44.4 Å². The van der Waals surface area contributed by atoms with Crippen LogP contribution in [0.15, 0.2) is 0 Å². The van der Waals surface area contributed by atoms with Crippen molar-refractivity contribution in [3.05, 3.63) is 0 Å². The molecule has 0 aliphatic rings. The highest BCUT2D eigenvalue weighted by atomic mass is 32.1. The van der Waals surface area contributed by atoms with Crippen molar-refractivity contribution in [3.8, 4) is 0 Å². The molecule has 0 aromatic heterocycles. The number of rotatable bonds is 29. The number of aliphatic hydroxyl groups is 2. The Balaban J connectivity index is 5.54. The molecule has 0 radical (unpaired) electrons. The molecule has 0 bridgehead atoms. The van der Waals surface area contributed by atoms with E-state index in [0.717, 1.165) is 0 Å². The predicted octanol–water partition coefficient (Wildman–Crippen LogP) is -5.46. The summed E-state index contributed by atoms with van der Waals surface area (Å²) >= 11 is 8.15. The lowest BCUT2D eigenvalue weighted by Gasteiger charge is -2.26. The maximum Gasteiger partial charge on any atom is 0.326 e. The van der Waals surface area contributed by atoms with Gasteiger partial charge in [0, 0.05) is 11.5 Å². The minimum absolute atomic E-state index is 0.0740. The van der Waals surface area contributed by atoms with Gasteiger partial charge in [-0.15, -0.1) is 0 Å². The molecule has 0 fully saturated rings. The van der Waals surface area contributed by atoms with Gasteiger partial charge in [-0.2, -0.15) is 25.3 Å². The fraction of sp³-hybridized carbons (Fsp3) is 0.767. The van der Waals surface area contributed by atoms with Crippen LogP contribution < -0.4 is 54.8 Å². The Hall–Kier alpha value is -3.25. The minimum atomic E-state index is -1.60. The highest BCUT2D eigenvalue weighted by Gasteiger charge is 2.32. The van der Waals surface area contributed by atoms with Gasteiger partial charge >= 0.3 is 5.97 Å². The highest BCUT2D eigenvalue weighted by molar-refractivity contribution is 7.80. The average molecular weight is 783 g/mol. The van der Waals surface area contributed by atoms with Crippen molar-refractivity contribution in [2.24, 2.45) is 22.9 Å². The van der Waals surface area contributed by atoms with Gasteiger partial charge in [-0.1, -0.05) is 6.42 Å². The number of nitrogens with two attached hydrogens (primary N) is 4. The van der Waals surface area contributed by atoms with Crippen molar-refractivity contribution < 1.29 is 48.9 Å². The van der Waals surface area contributed by atoms with E-state index in [1.165, 1.54) is 0 Å². The lowest BCUT2D eigenvalue weighted by Crippen LogP contribution is -2.61. The molecular weight excluding hydrogens is 725 g/mol. The van der Waals surface area contributed by atoms with Crippen molar-refractivity contribution >= 4 is 66.7 Å². The fourth-order valence-electron chi connectivity index (χ4n) is 4.57. The molecular formula is C30H58N10O10S2. The van der Waals surface area contributed by atoms with Crippen LogP contribution in [-0.4, -0.2) is 143 Å². The summed E-state index contributed by atoms with van der Waals surface area (Å²) in [6.07, 6.45) is 3.56. The van der Waals surface area contributed by atoms with Gasteiger partial charge in [-0.25, -0.2) is 4.79 Å². The number of carboxylic acid groups (broad SMARTS) is 1.